The van der Waals surface area contributed by atoms with Gasteiger partial charge in [-0.3, -0.25) is 0 Å². The largest absolute Gasteiger partial charge is 0.341 e. The predicted octanol–water partition coefficient (Wildman–Crippen LogP) is 10.1. The molecule has 2 heteroatoms. The lowest BCUT2D eigenvalue weighted by molar-refractivity contribution is 0.778. The molecule has 196 valence electrons. The van der Waals surface area contributed by atoms with Crippen LogP contribution >= 0.6 is 0 Å². The Kier molecular flexibility index (Phi) is 6.24. The standard InChI is InChI=1S/C38H34N2/c1-3-39-36-12-8-6-10-32(36)34-25-29(22-24-37(34)39)19-17-27-13-15-28(16-14-27)18-20-30-21-23-33-31-9-5-7-11-35(31)40(4-2)38(33)26-30/h6-8,10-26H,3-5,9H2,1-2H3/b19-17+,20-18+. The average Bonchev–Trinajstić information content (AvgIpc) is 3.50. The van der Waals surface area contributed by atoms with Gasteiger partial charge >= 0.3 is 0 Å². The molecule has 0 aliphatic heterocycles. The second-order valence-corrected chi connectivity index (χ2v) is 10.7. The van der Waals surface area contributed by atoms with Crippen molar-refractivity contribution in [1.82, 2.24) is 9.13 Å². The maximum Gasteiger partial charge on any atom is 0.0493 e. The molecule has 0 saturated heterocycles. The summed E-state index contributed by atoms with van der Waals surface area (Å²) >= 11 is 0. The molecular weight excluding hydrogens is 484 g/mol. The van der Waals surface area contributed by atoms with Gasteiger partial charge in [0.1, 0.15) is 0 Å². The zero-order chi connectivity index (χ0) is 27.1. The first-order chi connectivity index (χ1) is 19.7. The minimum atomic E-state index is 0.973. The van der Waals surface area contributed by atoms with Gasteiger partial charge in [-0.2, -0.15) is 0 Å². The normalized spacial score (nSPS) is 13.4. The summed E-state index contributed by atoms with van der Waals surface area (Å²) in [6.07, 6.45) is 15.8. The Hall–Kier alpha value is -4.56. The van der Waals surface area contributed by atoms with Gasteiger partial charge in [0, 0.05) is 51.5 Å². The number of nitrogens with zero attached hydrogens (tertiary/aromatic N) is 2. The highest BCUT2D eigenvalue weighted by molar-refractivity contribution is 6.08. The SMILES string of the molecule is CCn1c2c(c3ccc(/C=C/c4ccc(/C=C/c5ccc6c(c5)c5ccccc5n6CC)cc4)cc31)CCC=C2. The van der Waals surface area contributed by atoms with E-state index in [1.54, 1.807) is 0 Å². The van der Waals surface area contributed by atoms with Crippen molar-refractivity contribution in [1.29, 1.82) is 0 Å². The molecule has 6 aromatic rings. The molecule has 2 heterocycles. The molecule has 0 fully saturated rings. The van der Waals surface area contributed by atoms with Crippen LogP contribution in [0.2, 0.25) is 0 Å². The molecule has 0 saturated carbocycles. The number of fused-ring (bicyclic) bond motifs is 6. The van der Waals surface area contributed by atoms with Crippen LogP contribution in [0.5, 0.6) is 0 Å². The van der Waals surface area contributed by atoms with Crippen LogP contribution in [0.15, 0.2) is 91.0 Å². The number of allylic oxidation sites excluding steroid dienone is 1. The van der Waals surface area contributed by atoms with Crippen molar-refractivity contribution in [3.8, 4) is 0 Å². The molecule has 0 unspecified atom stereocenters. The molecule has 0 amide bonds. The van der Waals surface area contributed by atoms with Crippen LogP contribution < -0.4 is 0 Å². The maximum absolute atomic E-state index is 2.46. The molecule has 1 aliphatic rings. The number of hydrogen-bond acceptors (Lipinski definition) is 0. The predicted molar refractivity (Wildman–Crippen MR) is 174 cm³/mol. The van der Waals surface area contributed by atoms with Crippen molar-refractivity contribution in [2.45, 2.75) is 39.8 Å². The quantitative estimate of drug-likeness (QED) is 0.194. The number of benzene rings is 4. The highest BCUT2D eigenvalue weighted by Crippen LogP contribution is 2.33. The topological polar surface area (TPSA) is 9.86 Å². The van der Waals surface area contributed by atoms with E-state index in [1.165, 1.54) is 66.2 Å². The van der Waals surface area contributed by atoms with Crippen LogP contribution in [-0.2, 0) is 19.5 Å². The van der Waals surface area contributed by atoms with Crippen molar-refractivity contribution in [2.75, 3.05) is 0 Å². The maximum atomic E-state index is 2.46. The molecule has 40 heavy (non-hydrogen) atoms. The average molecular weight is 519 g/mol. The molecule has 0 spiro atoms. The third-order valence-corrected chi connectivity index (χ3v) is 8.38. The van der Waals surface area contributed by atoms with Gasteiger partial charge in [-0.1, -0.05) is 91.0 Å². The van der Waals surface area contributed by atoms with Crippen molar-refractivity contribution < 1.29 is 0 Å². The lowest BCUT2D eigenvalue weighted by Gasteiger charge is -2.09. The third-order valence-electron chi connectivity index (χ3n) is 8.38. The van der Waals surface area contributed by atoms with Crippen LogP contribution in [0, 0.1) is 0 Å². The molecule has 1 aliphatic carbocycles. The molecule has 0 N–H and O–H groups in total. The summed E-state index contributed by atoms with van der Waals surface area (Å²) in [7, 11) is 0. The van der Waals surface area contributed by atoms with E-state index in [0.29, 0.717) is 0 Å². The van der Waals surface area contributed by atoms with E-state index in [0.717, 1.165) is 25.9 Å². The second kappa shape index (κ2) is 10.2. The fourth-order valence-electron chi connectivity index (χ4n) is 6.40. The van der Waals surface area contributed by atoms with E-state index < -0.39 is 0 Å². The molecule has 2 aromatic heterocycles. The van der Waals surface area contributed by atoms with Gasteiger partial charge in [-0.15, -0.1) is 0 Å². The van der Waals surface area contributed by atoms with Crippen LogP contribution in [0.25, 0.3) is 63.1 Å². The van der Waals surface area contributed by atoms with Crippen LogP contribution in [0.3, 0.4) is 0 Å². The summed E-state index contributed by atoms with van der Waals surface area (Å²) in [4.78, 5) is 0. The third kappa shape index (κ3) is 4.21. The molecule has 0 atom stereocenters. The van der Waals surface area contributed by atoms with Crippen LogP contribution in [0.4, 0.5) is 0 Å². The first-order valence-corrected chi connectivity index (χ1v) is 14.5. The molecule has 4 aromatic carbocycles. The number of aromatic nitrogens is 2. The van der Waals surface area contributed by atoms with Crippen molar-refractivity contribution in [2.24, 2.45) is 0 Å². The lowest BCUT2D eigenvalue weighted by atomic mass is 10.00. The molecule has 2 nitrogen and oxygen atoms in total. The molecular formula is C38H34N2. The molecule has 0 radical (unpaired) electrons. The second-order valence-electron chi connectivity index (χ2n) is 10.7. The number of hydrogen-bond donors (Lipinski definition) is 0. The molecule has 0 bridgehead atoms. The fraction of sp³-hybridized carbons (Fsp3) is 0.158. The fourth-order valence-corrected chi connectivity index (χ4v) is 6.40. The van der Waals surface area contributed by atoms with Crippen LogP contribution in [0.1, 0.15) is 53.8 Å². The highest BCUT2D eigenvalue weighted by atomic mass is 15.0. The van der Waals surface area contributed by atoms with Gasteiger partial charge in [0.2, 0.25) is 0 Å². The highest BCUT2D eigenvalue weighted by Gasteiger charge is 2.16. The Balaban J connectivity index is 1.11. The van der Waals surface area contributed by atoms with Crippen LogP contribution in [-0.4, -0.2) is 9.13 Å². The Morgan fingerprint density at radius 3 is 1.95 bits per heavy atom. The number of aryl methyl sites for hydroxylation is 3. The monoisotopic (exact) mass is 518 g/mol. The van der Waals surface area contributed by atoms with Gasteiger partial charge in [-0.05, 0) is 84.8 Å². The summed E-state index contributed by atoms with van der Waals surface area (Å²) in [5.41, 5.74) is 11.7. The zero-order valence-electron chi connectivity index (χ0n) is 23.3. The summed E-state index contributed by atoms with van der Waals surface area (Å²) in [5, 5.41) is 4.05. The van der Waals surface area contributed by atoms with Crippen molar-refractivity contribution in [3.63, 3.8) is 0 Å². The van der Waals surface area contributed by atoms with E-state index in [-0.39, 0.29) is 0 Å². The van der Waals surface area contributed by atoms with E-state index >= 15 is 0 Å². The number of para-hydroxylation sites is 1. The van der Waals surface area contributed by atoms with Gasteiger partial charge < -0.3 is 9.13 Å². The first-order valence-electron chi connectivity index (χ1n) is 14.5. The zero-order valence-corrected chi connectivity index (χ0v) is 23.3. The van der Waals surface area contributed by atoms with E-state index in [1.807, 2.05) is 0 Å². The summed E-state index contributed by atoms with van der Waals surface area (Å²) in [5.74, 6) is 0. The lowest BCUT2D eigenvalue weighted by Crippen LogP contribution is -2.00. The first kappa shape index (κ1) is 24.5. The van der Waals surface area contributed by atoms with Crippen molar-refractivity contribution >= 4 is 63.1 Å². The Morgan fingerprint density at radius 1 is 0.575 bits per heavy atom. The number of rotatable bonds is 6. The minimum Gasteiger partial charge on any atom is -0.341 e. The minimum absolute atomic E-state index is 0.973. The van der Waals surface area contributed by atoms with Gasteiger partial charge in [-0.25, -0.2) is 0 Å². The van der Waals surface area contributed by atoms with Gasteiger partial charge in [0.25, 0.3) is 0 Å². The molecule has 7 rings (SSSR count). The van der Waals surface area contributed by atoms with Crippen molar-refractivity contribution in [3.05, 3.63) is 125 Å². The van der Waals surface area contributed by atoms with Gasteiger partial charge in [0.15, 0.2) is 0 Å². The summed E-state index contributed by atoms with van der Waals surface area (Å²) in [6.45, 7) is 6.42. The van der Waals surface area contributed by atoms with E-state index in [4.69, 9.17) is 0 Å². The smallest absolute Gasteiger partial charge is 0.0493 e. The van der Waals surface area contributed by atoms with E-state index in [9.17, 15) is 0 Å². The Morgan fingerprint density at radius 2 is 1.20 bits per heavy atom. The van der Waals surface area contributed by atoms with E-state index in [2.05, 4.69) is 144 Å². The van der Waals surface area contributed by atoms with Gasteiger partial charge in [0.05, 0.1) is 0 Å². The Labute approximate surface area is 236 Å². The summed E-state index contributed by atoms with van der Waals surface area (Å²) < 4.78 is 4.85. The summed E-state index contributed by atoms with van der Waals surface area (Å²) in [6, 6.07) is 31.2. The Bertz CT molecular complexity index is 1960.